The Balaban J connectivity index is 1.64. The molecule has 5 heteroatoms. The van der Waals surface area contributed by atoms with Gasteiger partial charge in [0.15, 0.2) is 0 Å². The van der Waals surface area contributed by atoms with Crippen LogP contribution < -0.4 is 10.1 Å². The number of carbonyl (C=O) groups is 1. The van der Waals surface area contributed by atoms with Gasteiger partial charge in [-0.3, -0.25) is 4.79 Å². The van der Waals surface area contributed by atoms with Crippen molar-refractivity contribution in [3.8, 4) is 16.3 Å². The first kappa shape index (κ1) is 16.2. The third-order valence-corrected chi connectivity index (χ3v) is 4.54. The topological polar surface area (TPSA) is 51.2 Å². The van der Waals surface area contributed by atoms with E-state index in [4.69, 9.17) is 4.74 Å². The van der Waals surface area contributed by atoms with Crippen LogP contribution in [-0.2, 0) is 6.54 Å². The first-order valence-corrected chi connectivity index (χ1v) is 8.47. The number of rotatable bonds is 5. The second-order valence-corrected chi connectivity index (χ2v) is 6.29. The number of hydrogen-bond acceptors (Lipinski definition) is 4. The molecule has 0 aliphatic heterocycles. The van der Waals surface area contributed by atoms with Gasteiger partial charge >= 0.3 is 0 Å². The Kier molecular flexibility index (Phi) is 4.91. The average Bonchev–Trinajstić information content (AvgIpc) is 3.11. The summed E-state index contributed by atoms with van der Waals surface area (Å²) in [4.78, 5) is 16.7. The molecule has 0 fully saturated rings. The molecule has 0 aliphatic rings. The van der Waals surface area contributed by atoms with Crippen LogP contribution in [-0.4, -0.2) is 18.0 Å². The third-order valence-electron chi connectivity index (χ3n) is 3.65. The van der Waals surface area contributed by atoms with Gasteiger partial charge in [-0.1, -0.05) is 42.0 Å². The molecule has 3 rings (SSSR count). The van der Waals surface area contributed by atoms with Crippen LogP contribution in [0.2, 0.25) is 0 Å². The van der Waals surface area contributed by atoms with Crippen LogP contribution in [0, 0.1) is 6.92 Å². The van der Waals surface area contributed by atoms with Gasteiger partial charge in [-0.25, -0.2) is 4.98 Å². The van der Waals surface area contributed by atoms with Crippen molar-refractivity contribution in [2.45, 2.75) is 13.5 Å². The number of thiazole rings is 1. The van der Waals surface area contributed by atoms with Gasteiger partial charge in [0.05, 0.1) is 7.11 Å². The summed E-state index contributed by atoms with van der Waals surface area (Å²) in [6.07, 6.45) is 0. The largest absolute Gasteiger partial charge is 0.497 e. The maximum absolute atomic E-state index is 12.2. The minimum atomic E-state index is -0.166. The molecule has 0 aliphatic carbocycles. The number of carbonyl (C=O) groups excluding carboxylic acids is 1. The summed E-state index contributed by atoms with van der Waals surface area (Å²) in [6, 6.07) is 15.7. The SMILES string of the molecule is COc1ccc(CNC(=O)c2csc(-c3ccc(C)cc3)n2)cc1. The van der Waals surface area contributed by atoms with Crippen LogP contribution in [0.25, 0.3) is 10.6 Å². The molecule has 1 heterocycles. The van der Waals surface area contributed by atoms with E-state index < -0.39 is 0 Å². The summed E-state index contributed by atoms with van der Waals surface area (Å²) in [6.45, 7) is 2.50. The predicted molar refractivity (Wildman–Crippen MR) is 96.5 cm³/mol. The minimum Gasteiger partial charge on any atom is -0.497 e. The van der Waals surface area contributed by atoms with E-state index in [2.05, 4.69) is 10.3 Å². The number of amides is 1. The highest BCUT2D eigenvalue weighted by molar-refractivity contribution is 7.13. The summed E-state index contributed by atoms with van der Waals surface area (Å²) in [5.74, 6) is 0.632. The Hall–Kier alpha value is -2.66. The maximum atomic E-state index is 12.2. The lowest BCUT2D eigenvalue weighted by Gasteiger charge is -2.05. The lowest BCUT2D eigenvalue weighted by molar-refractivity contribution is 0.0946. The standard InChI is InChI=1S/C19H18N2O2S/c1-13-3-7-15(8-4-13)19-21-17(12-24-19)18(22)20-11-14-5-9-16(23-2)10-6-14/h3-10,12H,11H2,1-2H3,(H,20,22). The number of nitrogens with zero attached hydrogens (tertiary/aromatic N) is 1. The van der Waals surface area contributed by atoms with E-state index in [1.54, 1.807) is 12.5 Å². The Morgan fingerprint density at radius 1 is 1.12 bits per heavy atom. The Bertz CT molecular complexity index is 823. The number of nitrogens with one attached hydrogen (secondary N) is 1. The number of hydrogen-bond donors (Lipinski definition) is 1. The van der Waals surface area contributed by atoms with Gasteiger partial charge in [-0.15, -0.1) is 11.3 Å². The molecule has 3 aromatic rings. The zero-order chi connectivity index (χ0) is 16.9. The molecule has 0 bridgehead atoms. The minimum absolute atomic E-state index is 0.166. The Morgan fingerprint density at radius 3 is 2.50 bits per heavy atom. The van der Waals surface area contributed by atoms with Crippen molar-refractivity contribution < 1.29 is 9.53 Å². The van der Waals surface area contributed by atoms with Crippen molar-refractivity contribution in [3.63, 3.8) is 0 Å². The van der Waals surface area contributed by atoms with Crippen LogP contribution in [0.3, 0.4) is 0 Å². The van der Waals surface area contributed by atoms with Gasteiger partial charge in [-0.2, -0.15) is 0 Å². The molecule has 24 heavy (non-hydrogen) atoms. The number of methoxy groups -OCH3 is 1. The van der Waals surface area contributed by atoms with Gasteiger partial charge in [0.2, 0.25) is 0 Å². The van der Waals surface area contributed by atoms with E-state index in [-0.39, 0.29) is 5.91 Å². The Labute approximate surface area is 145 Å². The van der Waals surface area contributed by atoms with Crippen molar-refractivity contribution in [3.05, 3.63) is 70.7 Å². The maximum Gasteiger partial charge on any atom is 0.271 e. The van der Waals surface area contributed by atoms with Crippen molar-refractivity contribution in [2.24, 2.45) is 0 Å². The van der Waals surface area contributed by atoms with E-state index in [9.17, 15) is 4.79 Å². The first-order chi connectivity index (χ1) is 11.7. The molecule has 4 nitrogen and oxygen atoms in total. The van der Waals surface area contributed by atoms with Gasteiger partial charge in [0, 0.05) is 17.5 Å². The molecule has 0 saturated carbocycles. The summed E-state index contributed by atoms with van der Waals surface area (Å²) in [5.41, 5.74) is 3.69. The van der Waals surface area contributed by atoms with Crippen LogP contribution in [0.15, 0.2) is 53.9 Å². The van der Waals surface area contributed by atoms with E-state index in [1.807, 2.05) is 55.5 Å². The highest BCUT2D eigenvalue weighted by Gasteiger charge is 2.11. The molecular weight excluding hydrogens is 320 g/mol. The first-order valence-electron chi connectivity index (χ1n) is 7.59. The van der Waals surface area contributed by atoms with E-state index in [0.29, 0.717) is 12.2 Å². The molecule has 0 spiro atoms. The zero-order valence-corrected chi connectivity index (χ0v) is 14.4. The van der Waals surface area contributed by atoms with Crippen LogP contribution in [0.1, 0.15) is 21.6 Å². The van der Waals surface area contributed by atoms with Gasteiger partial charge in [0.1, 0.15) is 16.5 Å². The van der Waals surface area contributed by atoms with Crippen LogP contribution in [0.5, 0.6) is 5.75 Å². The fourth-order valence-corrected chi connectivity index (χ4v) is 3.03. The number of aryl methyl sites for hydroxylation is 1. The second kappa shape index (κ2) is 7.27. The van der Waals surface area contributed by atoms with Crippen LogP contribution >= 0.6 is 11.3 Å². The molecule has 0 saturated heterocycles. The summed E-state index contributed by atoms with van der Waals surface area (Å²) in [7, 11) is 1.63. The number of aromatic nitrogens is 1. The monoisotopic (exact) mass is 338 g/mol. The fraction of sp³-hybridized carbons (Fsp3) is 0.158. The Morgan fingerprint density at radius 2 is 1.83 bits per heavy atom. The van der Waals surface area contributed by atoms with Gasteiger partial charge in [0.25, 0.3) is 5.91 Å². The molecule has 0 unspecified atom stereocenters. The second-order valence-electron chi connectivity index (χ2n) is 5.43. The quantitative estimate of drug-likeness (QED) is 0.763. The molecule has 1 amide bonds. The number of ether oxygens (including phenoxy) is 1. The van der Waals surface area contributed by atoms with Crippen molar-refractivity contribution in [1.82, 2.24) is 10.3 Å². The third kappa shape index (κ3) is 3.81. The van der Waals surface area contributed by atoms with Crippen molar-refractivity contribution in [1.29, 1.82) is 0 Å². The average molecular weight is 338 g/mol. The highest BCUT2D eigenvalue weighted by Crippen LogP contribution is 2.24. The molecule has 1 aromatic heterocycles. The molecular formula is C19H18N2O2S. The van der Waals surface area contributed by atoms with Crippen LogP contribution in [0.4, 0.5) is 0 Å². The summed E-state index contributed by atoms with van der Waals surface area (Å²) >= 11 is 1.47. The molecule has 122 valence electrons. The molecule has 1 N–H and O–H groups in total. The lowest BCUT2D eigenvalue weighted by Crippen LogP contribution is -2.23. The molecule has 0 radical (unpaired) electrons. The zero-order valence-electron chi connectivity index (χ0n) is 13.6. The fourth-order valence-electron chi connectivity index (χ4n) is 2.22. The summed E-state index contributed by atoms with van der Waals surface area (Å²) < 4.78 is 5.12. The lowest BCUT2D eigenvalue weighted by atomic mass is 10.2. The predicted octanol–water partition coefficient (Wildman–Crippen LogP) is 4.06. The van der Waals surface area contributed by atoms with Crippen molar-refractivity contribution in [2.75, 3.05) is 7.11 Å². The van der Waals surface area contributed by atoms with E-state index >= 15 is 0 Å². The number of benzene rings is 2. The normalized spacial score (nSPS) is 10.4. The van der Waals surface area contributed by atoms with Gasteiger partial charge < -0.3 is 10.1 Å². The van der Waals surface area contributed by atoms with Crippen molar-refractivity contribution >= 4 is 17.2 Å². The molecule has 0 atom stereocenters. The molecule has 2 aromatic carbocycles. The summed E-state index contributed by atoms with van der Waals surface area (Å²) in [5, 5.41) is 5.53. The smallest absolute Gasteiger partial charge is 0.271 e. The van der Waals surface area contributed by atoms with E-state index in [0.717, 1.165) is 21.9 Å². The highest BCUT2D eigenvalue weighted by atomic mass is 32.1. The van der Waals surface area contributed by atoms with Gasteiger partial charge in [-0.05, 0) is 24.6 Å². The van der Waals surface area contributed by atoms with E-state index in [1.165, 1.54) is 16.9 Å².